The number of nitrogens with zero attached hydrogens (tertiary/aromatic N) is 5. The van der Waals surface area contributed by atoms with E-state index in [2.05, 4.69) is 25.5 Å². The number of alkyl halides is 2. The minimum atomic E-state index is -2.68. The topological polar surface area (TPSA) is 93.1 Å². The van der Waals surface area contributed by atoms with Crippen molar-refractivity contribution in [2.75, 3.05) is 25.0 Å². The van der Waals surface area contributed by atoms with Crippen molar-refractivity contribution in [2.24, 2.45) is 0 Å². The lowest BCUT2D eigenvalue weighted by atomic mass is 10.1. The second-order valence-electron chi connectivity index (χ2n) is 8.35. The van der Waals surface area contributed by atoms with Crippen LogP contribution in [0.3, 0.4) is 0 Å². The molecule has 1 N–H and O–H groups in total. The highest BCUT2D eigenvalue weighted by molar-refractivity contribution is 7.18. The van der Waals surface area contributed by atoms with Gasteiger partial charge < -0.3 is 4.74 Å². The van der Waals surface area contributed by atoms with E-state index in [9.17, 15) is 13.6 Å². The fourth-order valence-corrected chi connectivity index (χ4v) is 4.60. The molecule has 0 bridgehead atoms. The van der Waals surface area contributed by atoms with Gasteiger partial charge in [0.1, 0.15) is 11.1 Å². The standard InChI is InChI=1S/C25H22F2N6O2S/c26-25(27)10-13-33(16-25)15-20(17-4-2-1-3-5-17)35-21-7-6-19(14-29-21)22(34)30-24-32-31-23(36-24)18-8-11-28-12-9-18/h1-9,11-12,14,20H,10,13,15-16H2,(H,30,32,34). The molecule has 36 heavy (non-hydrogen) atoms. The summed E-state index contributed by atoms with van der Waals surface area (Å²) in [4.78, 5) is 22.6. The molecule has 1 amide bonds. The number of amides is 1. The third-order valence-electron chi connectivity index (χ3n) is 5.68. The van der Waals surface area contributed by atoms with Gasteiger partial charge in [0.25, 0.3) is 11.8 Å². The smallest absolute Gasteiger partial charge is 0.261 e. The summed E-state index contributed by atoms with van der Waals surface area (Å²) in [5, 5.41) is 11.9. The van der Waals surface area contributed by atoms with E-state index in [-0.39, 0.29) is 18.9 Å². The van der Waals surface area contributed by atoms with Crippen LogP contribution in [-0.2, 0) is 0 Å². The third kappa shape index (κ3) is 5.86. The number of rotatable bonds is 8. The zero-order chi connectivity index (χ0) is 25.0. The quantitative estimate of drug-likeness (QED) is 0.369. The molecule has 11 heteroatoms. The van der Waals surface area contributed by atoms with Gasteiger partial charge in [-0.3, -0.25) is 20.0 Å². The first kappa shape index (κ1) is 23.9. The lowest BCUT2D eigenvalue weighted by Gasteiger charge is -2.24. The average molecular weight is 509 g/mol. The Morgan fingerprint density at radius 1 is 1.11 bits per heavy atom. The molecule has 0 spiro atoms. The number of nitrogens with one attached hydrogen (secondary N) is 1. The number of anilines is 1. The van der Waals surface area contributed by atoms with Gasteiger partial charge in [0.2, 0.25) is 11.0 Å². The van der Waals surface area contributed by atoms with Crippen molar-refractivity contribution in [3.8, 4) is 16.5 Å². The van der Waals surface area contributed by atoms with Crippen molar-refractivity contribution in [2.45, 2.75) is 18.4 Å². The van der Waals surface area contributed by atoms with Gasteiger partial charge in [-0.1, -0.05) is 41.7 Å². The fraction of sp³-hybridized carbons (Fsp3) is 0.240. The average Bonchev–Trinajstić information content (AvgIpc) is 3.50. The molecule has 3 aromatic heterocycles. The molecule has 1 fully saturated rings. The molecule has 1 saturated heterocycles. The molecule has 0 saturated carbocycles. The van der Waals surface area contributed by atoms with Gasteiger partial charge in [0.05, 0.1) is 12.1 Å². The minimum absolute atomic E-state index is 0.158. The summed E-state index contributed by atoms with van der Waals surface area (Å²) in [5.74, 6) is -2.77. The van der Waals surface area contributed by atoms with Crippen LogP contribution in [0.2, 0.25) is 0 Å². The van der Waals surface area contributed by atoms with Crippen LogP contribution in [0.5, 0.6) is 5.88 Å². The SMILES string of the molecule is O=C(Nc1nnc(-c2ccncc2)s1)c1ccc(OC(CN2CCC(F)(F)C2)c2ccccc2)nc1. The van der Waals surface area contributed by atoms with Crippen molar-refractivity contribution in [1.29, 1.82) is 0 Å². The number of ether oxygens (including phenoxy) is 1. The molecule has 5 rings (SSSR count). The molecule has 4 aromatic rings. The summed E-state index contributed by atoms with van der Waals surface area (Å²) in [6.07, 6.45) is 4.08. The van der Waals surface area contributed by atoms with Crippen molar-refractivity contribution < 1.29 is 18.3 Å². The number of benzene rings is 1. The number of likely N-dealkylation sites (tertiary alicyclic amines) is 1. The summed E-state index contributed by atoms with van der Waals surface area (Å²) in [7, 11) is 0. The van der Waals surface area contributed by atoms with Gasteiger partial charge in [-0.2, -0.15) is 0 Å². The first-order chi connectivity index (χ1) is 17.4. The van der Waals surface area contributed by atoms with E-state index >= 15 is 0 Å². The lowest BCUT2D eigenvalue weighted by Crippen LogP contribution is -2.31. The second kappa shape index (κ2) is 10.4. The van der Waals surface area contributed by atoms with Crippen LogP contribution in [0, 0.1) is 0 Å². The number of halogens is 2. The number of aromatic nitrogens is 4. The number of pyridine rings is 2. The summed E-state index contributed by atoms with van der Waals surface area (Å²) in [6, 6.07) is 16.2. The zero-order valence-electron chi connectivity index (χ0n) is 19.1. The maximum Gasteiger partial charge on any atom is 0.261 e. The Balaban J connectivity index is 1.24. The first-order valence-corrected chi connectivity index (χ1v) is 12.1. The number of carbonyl (C=O) groups is 1. The highest BCUT2D eigenvalue weighted by Crippen LogP contribution is 2.30. The Labute approximate surface area is 210 Å². The Hall–Kier alpha value is -3.83. The van der Waals surface area contributed by atoms with E-state index in [1.54, 1.807) is 29.4 Å². The van der Waals surface area contributed by atoms with Gasteiger partial charge in [-0.15, -0.1) is 10.2 Å². The molecule has 0 radical (unpaired) electrons. The Bertz CT molecular complexity index is 1310. The normalized spacial score (nSPS) is 15.9. The van der Waals surface area contributed by atoms with Crippen LogP contribution in [0.4, 0.5) is 13.9 Å². The monoisotopic (exact) mass is 508 g/mol. The van der Waals surface area contributed by atoms with Crippen molar-refractivity contribution in [3.05, 3.63) is 84.3 Å². The number of hydrogen-bond acceptors (Lipinski definition) is 8. The van der Waals surface area contributed by atoms with Crippen molar-refractivity contribution in [1.82, 2.24) is 25.1 Å². The highest BCUT2D eigenvalue weighted by Gasteiger charge is 2.39. The first-order valence-electron chi connectivity index (χ1n) is 11.3. The van der Waals surface area contributed by atoms with Crippen LogP contribution in [0.25, 0.3) is 10.6 Å². The number of carbonyl (C=O) groups excluding carboxylic acids is 1. The zero-order valence-corrected chi connectivity index (χ0v) is 19.9. The van der Waals surface area contributed by atoms with E-state index in [4.69, 9.17) is 4.74 Å². The molecule has 1 unspecified atom stereocenters. The largest absolute Gasteiger partial charge is 0.468 e. The van der Waals surface area contributed by atoms with E-state index in [1.165, 1.54) is 17.5 Å². The van der Waals surface area contributed by atoms with Gasteiger partial charge in [-0.05, 0) is 23.8 Å². The van der Waals surface area contributed by atoms with Crippen LogP contribution in [-0.4, -0.2) is 56.5 Å². The van der Waals surface area contributed by atoms with E-state index < -0.39 is 12.0 Å². The summed E-state index contributed by atoms with van der Waals surface area (Å²) >= 11 is 1.25. The molecular weight excluding hydrogens is 486 g/mol. The Kier molecular flexibility index (Phi) is 6.92. The fourth-order valence-electron chi connectivity index (χ4n) is 3.86. The molecule has 184 valence electrons. The molecule has 0 aliphatic carbocycles. The summed E-state index contributed by atoms with van der Waals surface area (Å²) in [6.45, 7) is 0.321. The van der Waals surface area contributed by atoms with Crippen LogP contribution < -0.4 is 10.1 Å². The lowest BCUT2D eigenvalue weighted by molar-refractivity contribution is 0.00832. The van der Waals surface area contributed by atoms with Gasteiger partial charge in [0, 0.05) is 49.7 Å². The third-order valence-corrected chi connectivity index (χ3v) is 6.57. The Morgan fingerprint density at radius 2 is 1.92 bits per heavy atom. The molecule has 1 aliphatic rings. The van der Waals surface area contributed by atoms with E-state index in [1.807, 2.05) is 42.5 Å². The minimum Gasteiger partial charge on any atom is -0.468 e. The molecule has 8 nitrogen and oxygen atoms in total. The molecular formula is C25H22F2N6O2S. The van der Waals surface area contributed by atoms with Crippen LogP contribution >= 0.6 is 11.3 Å². The maximum absolute atomic E-state index is 13.7. The predicted octanol–water partition coefficient (Wildman–Crippen LogP) is 4.71. The van der Waals surface area contributed by atoms with Gasteiger partial charge in [0.15, 0.2) is 0 Å². The van der Waals surface area contributed by atoms with Crippen LogP contribution in [0.1, 0.15) is 28.4 Å². The highest BCUT2D eigenvalue weighted by atomic mass is 32.1. The Morgan fingerprint density at radius 3 is 2.61 bits per heavy atom. The second-order valence-corrected chi connectivity index (χ2v) is 9.32. The van der Waals surface area contributed by atoms with E-state index in [0.717, 1.165) is 11.1 Å². The molecule has 1 atom stereocenters. The number of hydrogen-bond donors (Lipinski definition) is 1. The van der Waals surface area contributed by atoms with Crippen LogP contribution in [0.15, 0.2) is 73.2 Å². The van der Waals surface area contributed by atoms with Crippen molar-refractivity contribution in [3.63, 3.8) is 0 Å². The molecule has 1 aliphatic heterocycles. The predicted molar refractivity (Wildman–Crippen MR) is 131 cm³/mol. The maximum atomic E-state index is 13.7. The van der Waals surface area contributed by atoms with Gasteiger partial charge >= 0.3 is 0 Å². The van der Waals surface area contributed by atoms with Gasteiger partial charge in [-0.25, -0.2) is 13.8 Å². The molecule has 1 aromatic carbocycles. The van der Waals surface area contributed by atoms with E-state index in [0.29, 0.717) is 34.7 Å². The summed E-state index contributed by atoms with van der Waals surface area (Å²) < 4.78 is 33.5. The summed E-state index contributed by atoms with van der Waals surface area (Å²) in [5.41, 5.74) is 2.04. The van der Waals surface area contributed by atoms with Crippen molar-refractivity contribution >= 4 is 22.4 Å². The molecule has 4 heterocycles.